The molecule has 186 valence electrons. The minimum Gasteiger partial charge on any atom is -0.352 e. The lowest BCUT2D eigenvalue weighted by Gasteiger charge is -2.30. The maximum Gasteiger partial charge on any atom is 0.243 e. The van der Waals surface area contributed by atoms with E-state index in [-0.39, 0.29) is 23.4 Å². The minimum absolute atomic E-state index is 0.0921. The van der Waals surface area contributed by atoms with Crippen LogP contribution in [0.25, 0.3) is 10.8 Å². The normalized spacial score (nSPS) is 12.7. The summed E-state index contributed by atoms with van der Waals surface area (Å²) in [6.45, 7) is 5.10. The van der Waals surface area contributed by atoms with Gasteiger partial charge in [0.1, 0.15) is 6.04 Å². The Morgan fingerprint density at radius 3 is 2.20 bits per heavy atom. The molecule has 0 aliphatic heterocycles. The molecule has 0 saturated carbocycles. The zero-order valence-electron chi connectivity index (χ0n) is 20.2. The van der Waals surface area contributed by atoms with E-state index in [1.165, 1.54) is 18.0 Å². The Kier molecular flexibility index (Phi) is 8.69. The topological polar surface area (TPSA) is 86.8 Å². The van der Waals surface area contributed by atoms with E-state index < -0.39 is 28.5 Å². The molecule has 1 N–H and O–H groups in total. The SMILES string of the molecule is CC(C)NC(=O)[C@H](C)N(Cc1ccc(Br)cc1)C(=O)CN(C)S(=O)(=O)c1ccc2ccccc2c1. The van der Waals surface area contributed by atoms with Crippen LogP contribution < -0.4 is 5.32 Å². The van der Waals surface area contributed by atoms with E-state index in [2.05, 4.69) is 21.2 Å². The lowest BCUT2D eigenvalue weighted by molar-refractivity contribution is -0.140. The molecular formula is C26H30BrN3O4S. The van der Waals surface area contributed by atoms with Crippen LogP contribution in [0.4, 0.5) is 0 Å². The van der Waals surface area contributed by atoms with Crippen molar-refractivity contribution in [2.24, 2.45) is 0 Å². The predicted octanol–water partition coefficient (Wildman–Crippen LogP) is 4.16. The number of sulfonamides is 1. The van der Waals surface area contributed by atoms with Crippen LogP contribution >= 0.6 is 15.9 Å². The number of amides is 2. The summed E-state index contributed by atoms with van der Waals surface area (Å²) < 4.78 is 28.4. The van der Waals surface area contributed by atoms with Gasteiger partial charge in [-0.3, -0.25) is 9.59 Å². The van der Waals surface area contributed by atoms with Crippen LogP contribution in [0, 0.1) is 0 Å². The van der Waals surface area contributed by atoms with Crippen LogP contribution in [0.5, 0.6) is 0 Å². The fourth-order valence-electron chi connectivity index (χ4n) is 3.65. The quantitative estimate of drug-likeness (QED) is 0.426. The molecule has 0 bridgehead atoms. The summed E-state index contributed by atoms with van der Waals surface area (Å²) in [4.78, 5) is 27.6. The number of fused-ring (bicyclic) bond motifs is 1. The maximum absolute atomic E-state index is 13.4. The first-order valence-electron chi connectivity index (χ1n) is 11.3. The zero-order valence-corrected chi connectivity index (χ0v) is 22.6. The molecule has 35 heavy (non-hydrogen) atoms. The Balaban J connectivity index is 1.84. The fraction of sp³-hybridized carbons (Fsp3) is 0.308. The van der Waals surface area contributed by atoms with Gasteiger partial charge in [-0.15, -0.1) is 0 Å². The van der Waals surface area contributed by atoms with Crippen LogP contribution in [0.3, 0.4) is 0 Å². The van der Waals surface area contributed by atoms with Crippen molar-refractivity contribution in [3.05, 3.63) is 76.8 Å². The smallest absolute Gasteiger partial charge is 0.243 e. The zero-order chi connectivity index (χ0) is 25.8. The van der Waals surface area contributed by atoms with Gasteiger partial charge in [0.05, 0.1) is 11.4 Å². The van der Waals surface area contributed by atoms with Crippen molar-refractivity contribution in [1.82, 2.24) is 14.5 Å². The number of likely N-dealkylation sites (N-methyl/N-ethyl adjacent to an activating group) is 1. The largest absolute Gasteiger partial charge is 0.352 e. The van der Waals surface area contributed by atoms with Crippen LogP contribution in [0.2, 0.25) is 0 Å². The third-order valence-electron chi connectivity index (χ3n) is 5.65. The second-order valence-electron chi connectivity index (χ2n) is 8.76. The van der Waals surface area contributed by atoms with E-state index in [1.807, 2.05) is 62.4 Å². The van der Waals surface area contributed by atoms with E-state index in [0.29, 0.717) is 0 Å². The number of benzene rings is 3. The van der Waals surface area contributed by atoms with E-state index in [4.69, 9.17) is 0 Å². The van der Waals surface area contributed by atoms with Crippen LogP contribution in [-0.4, -0.2) is 55.1 Å². The number of carbonyl (C=O) groups is 2. The molecule has 2 amide bonds. The van der Waals surface area contributed by atoms with Crippen LogP contribution in [0.15, 0.2) is 76.1 Å². The van der Waals surface area contributed by atoms with Gasteiger partial charge in [-0.2, -0.15) is 4.31 Å². The highest BCUT2D eigenvalue weighted by atomic mass is 79.9. The number of hydrogen-bond acceptors (Lipinski definition) is 4. The summed E-state index contributed by atoms with van der Waals surface area (Å²) in [5.74, 6) is -0.767. The highest BCUT2D eigenvalue weighted by Crippen LogP contribution is 2.22. The number of rotatable bonds is 9. The summed E-state index contributed by atoms with van der Waals surface area (Å²) in [5.41, 5.74) is 0.825. The Morgan fingerprint density at radius 2 is 1.57 bits per heavy atom. The van der Waals surface area contributed by atoms with Gasteiger partial charge in [-0.25, -0.2) is 8.42 Å². The molecule has 0 fully saturated rings. The van der Waals surface area contributed by atoms with Gasteiger partial charge in [0.15, 0.2) is 0 Å². The molecule has 0 aliphatic rings. The average Bonchev–Trinajstić information content (AvgIpc) is 2.82. The predicted molar refractivity (Wildman–Crippen MR) is 141 cm³/mol. The van der Waals surface area contributed by atoms with Crippen LogP contribution in [0.1, 0.15) is 26.3 Å². The van der Waals surface area contributed by atoms with Gasteiger partial charge < -0.3 is 10.2 Å². The van der Waals surface area contributed by atoms with Gasteiger partial charge in [0.2, 0.25) is 21.8 Å². The molecule has 3 aromatic rings. The number of nitrogens with zero attached hydrogens (tertiary/aromatic N) is 2. The first-order chi connectivity index (χ1) is 16.5. The van der Waals surface area contributed by atoms with Crippen molar-refractivity contribution in [3.8, 4) is 0 Å². The standard InChI is InChI=1S/C26H30BrN3O4S/c1-18(2)28-26(32)19(3)30(16-20-9-12-23(27)13-10-20)25(31)17-29(4)35(33,34)24-14-11-21-7-5-6-8-22(21)15-24/h5-15,18-19H,16-17H2,1-4H3,(H,28,32)/t19-/m0/s1. The molecule has 7 nitrogen and oxygen atoms in total. The van der Waals surface area contributed by atoms with Crippen molar-refractivity contribution >= 4 is 48.5 Å². The number of nitrogens with one attached hydrogen (secondary N) is 1. The number of hydrogen-bond donors (Lipinski definition) is 1. The Labute approximate surface area is 215 Å². The second-order valence-corrected chi connectivity index (χ2v) is 11.7. The molecule has 3 rings (SSSR count). The molecule has 0 heterocycles. The lowest BCUT2D eigenvalue weighted by atomic mass is 10.1. The Hall–Kier alpha value is -2.75. The lowest BCUT2D eigenvalue weighted by Crippen LogP contribution is -2.51. The highest BCUT2D eigenvalue weighted by molar-refractivity contribution is 9.10. The van der Waals surface area contributed by atoms with Crippen molar-refractivity contribution in [2.75, 3.05) is 13.6 Å². The molecule has 0 spiro atoms. The van der Waals surface area contributed by atoms with E-state index in [9.17, 15) is 18.0 Å². The van der Waals surface area contributed by atoms with Crippen molar-refractivity contribution in [3.63, 3.8) is 0 Å². The molecule has 0 saturated heterocycles. The third kappa shape index (κ3) is 6.68. The van der Waals surface area contributed by atoms with Gasteiger partial charge in [-0.1, -0.05) is 58.4 Å². The second kappa shape index (κ2) is 11.3. The first-order valence-corrected chi connectivity index (χ1v) is 13.5. The minimum atomic E-state index is -3.92. The monoisotopic (exact) mass is 559 g/mol. The Bertz CT molecular complexity index is 1310. The molecule has 0 aromatic heterocycles. The summed E-state index contributed by atoms with van der Waals surface area (Å²) in [5, 5.41) is 4.55. The Morgan fingerprint density at radius 1 is 0.943 bits per heavy atom. The highest BCUT2D eigenvalue weighted by Gasteiger charge is 2.30. The summed E-state index contributed by atoms with van der Waals surface area (Å²) >= 11 is 3.39. The fourth-order valence-corrected chi connectivity index (χ4v) is 5.07. The van der Waals surface area contributed by atoms with Crippen molar-refractivity contribution < 1.29 is 18.0 Å². The molecular weight excluding hydrogens is 530 g/mol. The first kappa shape index (κ1) is 26.8. The van der Waals surface area contributed by atoms with Crippen molar-refractivity contribution in [1.29, 1.82) is 0 Å². The number of halogens is 1. The molecule has 0 radical (unpaired) electrons. The summed E-state index contributed by atoms with van der Waals surface area (Å²) in [6, 6.07) is 18.9. The van der Waals surface area contributed by atoms with Gasteiger partial charge in [0.25, 0.3) is 0 Å². The van der Waals surface area contributed by atoms with Gasteiger partial charge >= 0.3 is 0 Å². The average molecular weight is 561 g/mol. The molecule has 9 heteroatoms. The van der Waals surface area contributed by atoms with E-state index in [0.717, 1.165) is 25.1 Å². The summed E-state index contributed by atoms with van der Waals surface area (Å²) in [7, 11) is -2.55. The van der Waals surface area contributed by atoms with Crippen LogP contribution in [-0.2, 0) is 26.2 Å². The third-order valence-corrected chi connectivity index (χ3v) is 7.98. The van der Waals surface area contributed by atoms with E-state index in [1.54, 1.807) is 19.1 Å². The maximum atomic E-state index is 13.4. The molecule has 3 aromatic carbocycles. The molecule has 0 aliphatic carbocycles. The van der Waals surface area contributed by atoms with Gasteiger partial charge in [0, 0.05) is 24.1 Å². The van der Waals surface area contributed by atoms with Crippen molar-refractivity contribution in [2.45, 2.75) is 44.3 Å². The van der Waals surface area contributed by atoms with Gasteiger partial charge in [-0.05, 0) is 61.4 Å². The molecule has 0 unspecified atom stereocenters. The number of carbonyl (C=O) groups excluding carboxylic acids is 2. The van der Waals surface area contributed by atoms with E-state index >= 15 is 0 Å². The molecule has 1 atom stereocenters. The summed E-state index contributed by atoms with van der Waals surface area (Å²) in [6.07, 6.45) is 0.